The van der Waals surface area contributed by atoms with Gasteiger partial charge in [0.25, 0.3) is 0 Å². The Labute approximate surface area is 96.1 Å². The van der Waals surface area contributed by atoms with Crippen LogP contribution in [0.4, 0.5) is 0 Å². The highest BCUT2D eigenvalue weighted by atomic mass is 16.1. The van der Waals surface area contributed by atoms with Gasteiger partial charge in [-0.15, -0.1) is 0 Å². The van der Waals surface area contributed by atoms with E-state index in [-0.39, 0.29) is 23.7 Å². The van der Waals surface area contributed by atoms with Crippen LogP contribution in [0.25, 0.3) is 0 Å². The highest BCUT2D eigenvalue weighted by Gasteiger charge is 2.49. The Morgan fingerprint density at radius 3 is 1.62 bits per heavy atom. The number of hydrogen-bond acceptors (Lipinski definition) is 2. The molecule has 0 aromatic rings. The zero-order valence-electron chi connectivity index (χ0n) is 9.52. The molecule has 4 atom stereocenters. The lowest BCUT2D eigenvalue weighted by atomic mass is 9.59. The van der Waals surface area contributed by atoms with Crippen molar-refractivity contribution in [2.24, 2.45) is 23.7 Å². The molecule has 0 N–H and O–H groups in total. The van der Waals surface area contributed by atoms with Crippen LogP contribution in [0.2, 0.25) is 0 Å². The molecule has 3 aliphatic carbocycles. The van der Waals surface area contributed by atoms with E-state index in [1.807, 2.05) is 0 Å². The SMILES string of the molecule is O=C1C2CC=CCC2C(=O)C2CCCCC12. The maximum Gasteiger partial charge on any atom is 0.140 e. The summed E-state index contributed by atoms with van der Waals surface area (Å²) in [6.07, 6.45) is 9.95. The molecule has 86 valence electrons. The van der Waals surface area contributed by atoms with Crippen molar-refractivity contribution in [2.45, 2.75) is 38.5 Å². The fourth-order valence-electron chi connectivity index (χ4n) is 3.80. The van der Waals surface area contributed by atoms with Gasteiger partial charge in [-0.05, 0) is 25.7 Å². The van der Waals surface area contributed by atoms with Gasteiger partial charge in [0.2, 0.25) is 0 Å². The van der Waals surface area contributed by atoms with E-state index in [0.29, 0.717) is 11.6 Å². The van der Waals surface area contributed by atoms with Gasteiger partial charge in [-0.3, -0.25) is 9.59 Å². The number of carbonyl (C=O) groups excluding carboxylic acids is 2. The van der Waals surface area contributed by atoms with Gasteiger partial charge in [-0.1, -0.05) is 25.0 Å². The van der Waals surface area contributed by atoms with E-state index in [9.17, 15) is 9.59 Å². The molecular weight excluding hydrogens is 200 g/mol. The maximum absolute atomic E-state index is 12.4. The van der Waals surface area contributed by atoms with Crippen molar-refractivity contribution >= 4 is 11.6 Å². The standard InChI is InChI=1S/C14H18O2/c15-13-9-5-1-2-6-10(9)14(16)12-8-4-3-7-11(12)13/h1-2,9-12H,3-8H2. The van der Waals surface area contributed by atoms with E-state index in [1.165, 1.54) is 0 Å². The molecule has 0 heterocycles. The minimum Gasteiger partial charge on any atom is -0.299 e. The number of hydrogen-bond donors (Lipinski definition) is 0. The van der Waals surface area contributed by atoms with Gasteiger partial charge in [0, 0.05) is 23.7 Å². The van der Waals surface area contributed by atoms with Crippen molar-refractivity contribution in [1.82, 2.24) is 0 Å². The molecule has 0 aromatic carbocycles. The van der Waals surface area contributed by atoms with Gasteiger partial charge in [0.05, 0.1) is 0 Å². The lowest BCUT2D eigenvalue weighted by molar-refractivity contribution is -0.149. The van der Waals surface area contributed by atoms with E-state index in [2.05, 4.69) is 12.2 Å². The summed E-state index contributed by atoms with van der Waals surface area (Å²) in [5.41, 5.74) is 0. The third-order valence-electron chi connectivity index (χ3n) is 4.66. The molecule has 0 radical (unpaired) electrons. The minimum absolute atomic E-state index is 0.0249. The summed E-state index contributed by atoms with van der Waals surface area (Å²) < 4.78 is 0. The topological polar surface area (TPSA) is 34.1 Å². The van der Waals surface area contributed by atoms with Crippen LogP contribution >= 0.6 is 0 Å². The van der Waals surface area contributed by atoms with Crippen LogP contribution in [0.1, 0.15) is 38.5 Å². The Balaban J connectivity index is 1.93. The molecule has 0 spiro atoms. The number of Topliss-reactive ketones (excluding diaryl/α,β-unsaturated/α-hetero) is 2. The van der Waals surface area contributed by atoms with E-state index in [0.717, 1.165) is 38.5 Å². The Morgan fingerprint density at radius 2 is 1.19 bits per heavy atom. The lowest BCUT2D eigenvalue weighted by Gasteiger charge is -2.42. The largest absolute Gasteiger partial charge is 0.299 e. The first-order chi connectivity index (χ1) is 7.79. The zero-order chi connectivity index (χ0) is 11.1. The summed E-state index contributed by atoms with van der Waals surface area (Å²) in [5, 5.41) is 0. The van der Waals surface area contributed by atoms with Gasteiger partial charge in [-0.25, -0.2) is 0 Å². The number of carbonyl (C=O) groups is 2. The first-order valence-electron chi connectivity index (χ1n) is 6.51. The number of ketones is 2. The van der Waals surface area contributed by atoms with Crippen LogP contribution in [-0.2, 0) is 9.59 Å². The smallest absolute Gasteiger partial charge is 0.140 e. The summed E-state index contributed by atoms with van der Waals surface area (Å²) in [6, 6.07) is 0. The normalized spacial score (nSPS) is 42.8. The predicted molar refractivity (Wildman–Crippen MR) is 60.8 cm³/mol. The maximum atomic E-state index is 12.4. The zero-order valence-corrected chi connectivity index (χ0v) is 9.52. The monoisotopic (exact) mass is 218 g/mol. The van der Waals surface area contributed by atoms with Gasteiger partial charge in [0.15, 0.2) is 0 Å². The van der Waals surface area contributed by atoms with E-state index in [4.69, 9.17) is 0 Å². The second kappa shape index (κ2) is 3.83. The van der Waals surface area contributed by atoms with Crippen LogP contribution in [0, 0.1) is 23.7 Å². The third-order valence-corrected chi connectivity index (χ3v) is 4.66. The molecular formula is C14H18O2. The predicted octanol–water partition coefficient (Wildman–Crippen LogP) is 2.53. The van der Waals surface area contributed by atoms with Crippen LogP contribution in [0.5, 0.6) is 0 Å². The molecule has 2 fully saturated rings. The van der Waals surface area contributed by atoms with Gasteiger partial charge < -0.3 is 0 Å². The van der Waals surface area contributed by atoms with Crippen molar-refractivity contribution in [3.8, 4) is 0 Å². The van der Waals surface area contributed by atoms with Crippen molar-refractivity contribution < 1.29 is 9.59 Å². The molecule has 2 nitrogen and oxygen atoms in total. The fraction of sp³-hybridized carbons (Fsp3) is 0.714. The minimum atomic E-state index is 0.0249. The Hall–Kier alpha value is -0.920. The molecule has 16 heavy (non-hydrogen) atoms. The molecule has 0 aliphatic heterocycles. The van der Waals surface area contributed by atoms with Crippen LogP contribution < -0.4 is 0 Å². The quantitative estimate of drug-likeness (QED) is 0.585. The molecule has 0 bridgehead atoms. The second-order valence-electron chi connectivity index (χ2n) is 5.46. The summed E-state index contributed by atoms with van der Waals surface area (Å²) in [4.78, 5) is 24.7. The van der Waals surface area contributed by atoms with E-state index in [1.54, 1.807) is 0 Å². The van der Waals surface area contributed by atoms with Crippen molar-refractivity contribution in [3.63, 3.8) is 0 Å². The summed E-state index contributed by atoms with van der Waals surface area (Å²) in [5.74, 6) is 1.01. The Kier molecular flexibility index (Phi) is 2.45. The number of rotatable bonds is 0. The first kappa shape index (κ1) is 10.2. The van der Waals surface area contributed by atoms with Gasteiger partial charge >= 0.3 is 0 Å². The first-order valence-corrected chi connectivity index (χ1v) is 6.51. The molecule has 3 rings (SSSR count). The summed E-state index contributed by atoms with van der Waals surface area (Å²) in [7, 11) is 0. The third kappa shape index (κ3) is 1.39. The number of fused-ring (bicyclic) bond motifs is 2. The van der Waals surface area contributed by atoms with Crippen LogP contribution in [0.15, 0.2) is 12.2 Å². The molecule has 0 amide bonds. The van der Waals surface area contributed by atoms with Crippen molar-refractivity contribution in [1.29, 1.82) is 0 Å². The summed E-state index contributed by atoms with van der Waals surface area (Å²) >= 11 is 0. The van der Waals surface area contributed by atoms with E-state index < -0.39 is 0 Å². The molecule has 2 saturated carbocycles. The average molecular weight is 218 g/mol. The highest BCUT2D eigenvalue weighted by molar-refractivity contribution is 6.00. The van der Waals surface area contributed by atoms with Gasteiger partial charge in [0.1, 0.15) is 11.6 Å². The van der Waals surface area contributed by atoms with Gasteiger partial charge in [-0.2, -0.15) is 0 Å². The molecule has 2 heteroatoms. The molecule has 4 unspecified atom stereocenters. The highest BCUT2D eigenvalue weighted by Crippen LogP contribution is 2.44. The molecule has 0 aromatic heterocycles. The Morgan fingerprint density at radius 1 is 0.750 bits per heavy atom. The second-order valence-corrected chi connectivity index (χ2v) is 5.46. The van der Waals surface area contributed by atoms with Crippen molar-refractivity contribution in [3.05, 3.63) is 12.2 Å². The Bertz CT molecular complexity index is 322. The number of allylic oxidation sites excluding steroid dienone is 2. The summed E-state index contributed by atoms with van der Waals surface area (Å²) in [6.45, 7) is 0. The van der Waals surface area contributed by atoms with Crippen LogP contribution in [0.3, 0.4) is 0 Å². The van der Waals surface area contributed by atoms with Crippen LogP contribution in [-0.4, -0.2) is 11.6 Å². The fourth-order valence-corrected chi connectivity index (χ4v) is 3.80. The molecule has 3 aliphatic rings. The average Bonchev–Trinajstić information content (AvgIpc) is 2.36. The van der Waals surface area contributed by atoms with Crippen molar-refractivity contribution in [2.75, 3.05) is 0 Å². The van der Waals surface area contributed by atoms with E-state index >= 15 is 0 Å². The molecule has 0 saturated heterocycles. The lowest BCUT2D eigenvalue weighted by Crippen LogP contribution is -2.49.